The Bertz CT molecular complexity index is 816. The molecule has 0 saturated carbocycles. The van der Waals surface area contributed by atoms with Gasteiger partial charge in [-0.3, -0.25) is 0 Å². The highest BCUT2D eigenvalue weighted by Crippen LogP contribution is 2.23. The average molecular weight is 459 g/mol. The standard InChI is InChI=1S/C23H33F3N2O4/c1-2-3-4-5-6-7-8-9-10-11-12-13-18-30-21-27-28(22(29)31-21)19-14-16-20(17-15-19)32-23(24,25)26/h14-17H,2-13,18H2,1H3. The predicted molar refractivity (Wildman–Crippen MR) is 115 cm³/mol. The van der Waals surface area contributed by atoms with Crippen LogP contribution in [-0.2, 0) is 0 Å². The van der Waals surface area contributed by atoms with Gasteiger partial charge >= 0.3 is 18.2 Å². The van der Waals surface area contributed by atoms with Crippen molar-refractivity contribution in [3.8, 4) is 17.5 Å². The van der Waals surface area contributed by atoms with Crippen molar-refractivity contribution < 1.29 is 27.1 Å². The fraction of sp³-hybridized carbons (Fsp3) is 0.652. The number of rotatable bonds is 16. The lowest BCUT2D eigenvalue weighted by Crippen LogP contribution is -2.17. The van der Waals surface area contributed by atoms with Crippen LogP contribution in [0.3, 0.4) is 0 Å². The zero-order valence-electron chi connectivity index (χ0n) is 18.7. The third kappa shape index (κ3) is 10.2. The second-order valence-electron chi connectivity index (χ2n) is 7.82. The molecule has 2 rings (SSSR count). The number of nitrogens with zero attached hydrogens (tertiary/aromatic N) is 2. The molecule has 1 aromatic heterocycles. The summed E-state index contributed by atoms with van der Waals surface area (Å²) in [5, 5.41) is 3.93. The molecule has 6 nitrogen and oxygen atoms in total. The molecule has 0 fully saturated rings. The number of halogens is 3. The first-order valence-corrected chi connectivity index (χ1v) is 11.5. The second kappa shape index (κ2) is 13.9. The highest BCUT2D eigenvalue weighted by molar-refractivity contribution is 5.36. The molecule has 180 valence electrons. The highest BCUT2D eigenvalue weighted by Gasteiger charge is 2.31. The van der Waals surface area contributed by atoms with Gasteiger partial charge in [0.1, 0.15) is 5.75 Å². The molecule has 1 aromatic carbocycles. The third-order valence-electron chi connectivity index (χ3n) is 5.07. The molecule has 1 heterocycles. The molecule has 0 aliphatic carbocycles. The number of hydrogen-bond acceptors (Lipinski definition) is 5. The van der Waals surface area contributed by atoms with E-state index in [4.69, 9.17) is 9.15 Å². The van der Waals surface area contributed by atoms with Crippen molar-refractivity contribution in [2.45, 2.75) is 90.3 Å². The fourth-order valence-corrected chi connectivity index (χ4v) is 3.37. The number of aromatic nitrogens is 2. The van der Waals surface area contributed by atoms with Crippen molar-refractivity contribution in [3.05, 3.63) is 34.8 Å². The quantitative estimate of drug-likeness (QED) is 0.259. The number of unbranched alkanes of at least 4 members (excludes halogenated alkanes) is 11. The molecular formula is C23H33F3N2O4. The molecule has 2 aromatic rings. The Morgan fingerprint density at radius 1 is 0.875 bits per heavy atom. The molecule has 0 spiro atoms. The summed E-state index contributed by atoms with van der Waals surface area (Å²) < 4.78 is 51.7. The van der Waals surface area contributed by atoms with E-state index in [0.717, 1.165) is 36.1 Å². The Labute approximate surface area is 186 Å². The van der Waals surface area contributed by atoms with Gasteiger partial charge in [-0.2, -0.15) is 4.68 Å². The van der Waals surface area contributed by atoms with E-state index in [0.29, 0.717) is 6.61 Å². The number of hydrogen-bond donors (Lipinski definition) is 0. The van der Waals surface area contributed by atoms with Gasteiger partial charge in [0.15, 0.2) is 0 Å². The first-order chi connectivity index (χ1) is 15.4. The van der Waals surface area contributed by atoms with E-state index in [2.05, 4.69) is 16.8 Å². The maximum Gasteiger partial charge on any atom is 0.573 e. The minimum atomic E-state index is -4.78. The largest absolute Gasteiger partial charge is 0.573 e. The topological polar surface area (TPSA) is 66.5 Å². The van der Waals surface area contributed by atoms with Crippen molar-refractivity contribution in [3.63, 3.8) is 0 Å². The van der Waals surface area contributed by atoms with Crippen molar-refractivity contribution in [2.75, 3.05) is 6.61 Å². The second-order valence-corrected chi connectivity index (χ2v) is 7.82. The van der Waals surface area contributed by atoms with Crippen LogP contribution in [0.2, 0.25) is 0 Å². The van der Waals surface area contributed by atoms with Crippen molar-refractivity contribution >= 4 is 0 Å². The van der Waals surface area contributed by atoms with Crippen molar-refractivity contribution in [1.29, 1.82) is 0 Å². The zero-order valence-corrected chi connectivity index (χ0v) is 18.7. The smallest absolute Gasteiger partial charge is 0.449 e. The normalized spacial score (nSPS) is 11.6. The van der Waals surface area contributed by atoms with Gasteiger partial charge in [0.05, 0.1) is 12.3 Å². The van der Waals surface area contributed by atoms with E-state index in [-0.39, 0.29) is 17.5 Å². The van der Waals surface area contributed by atoms with Gasteiger partial charge in [-0.15, -0.1) is 13.2 Å². The van der Waals surface area contributed by atoms with Gasteiger partial charge in [0.2, 0.25) is 0 Å². The van der Waals surface area contributed by atoms with Crippen molar-refractivity contribution in [2.24, 2.45) is 0 Å². The minimum Gasteiger partial charge on any atom is -0.449 e. The molecular weight excluding hydrogens is 425 g/mol. The molecule has 0 amide bonds. The molecule has 0 saturated heterocycles. The number of ether oxygens (including phenoxy) is 2. The lowest BCUT2D eigenvalue weighted by molar-refractivity contribution is -0.274. The lowest BCUT2D eigenvalue weighted by Gasteiger charge is -2.08. The van der Waals surface area contributed by atoms with Gasteiger partial charge in [-0.25, -0.2) is 4.79 Å². The maximum atomic E-state index is 12.2. The first-order valence-electron chi connectivity index (χ1n) is 11.5. The molecule has 0 aliphatic heterocycles. The lowest BCUT2D eigenvalue weighted by atomic mass is 10.1. The SMILES string of the molecule is CCCCCCCCCCCCCCOc1nn(-c2ccc(OC(F)(F)F)cc2)c(=O)o1. The van der Waals surface area contributed by atoms with Crippen LogP contribution in [-0.4, -0.2) is 22.7 Å². The summed E-state index contributed by atoms with van der Waals surface area (Å²) in [6, 6.07) is 4.74. The van der Waals surface area contributed by atoms with Gasteiger partial charge in [-0.1, -0.05) is 82.7 Å². The first kappa shape index (κ1) is 25.8. The van der Waals surface area contributed by atoms with Crippen LogP contribution >= 0.6 is 0 Å². The van der Waals surface area contributed by atoms with Crippen LogP contribution in [0.15, 0.2) is 33.5 Å². The van der Waals surface area contributed by atoms with E-state index in [1.807, 2.05) is 0 Å². The molecule has 0 unspecified atom stereocenters. The minimum absolute atomic E-state index is 0.159. The van der Waals surface area contributed by atoms with Gasteiger partial charge in [0, 0.05) is 0 Å². The third-order valence-corrected chi connectivity index (χ3v) is 5.07. The predicted octanol–water partition coefficient (Wildman–Crippen LogP) is 6.80. The summed E-state index contributed by atoms with van der Waals surface area (Å²) in [5.74, 6) is -1.17. The van der Waals surface area contributed by atoms with Crippen LogP contribution < -0.4 is 15.2 Å². The molecule has 9 heteroatoms. The molecule has 0 bridgehead atoms. The van der Waals surface area contributed by atoms with E-state index in [1.54, 1.807) is 0 Å². The Morgan fingerprint density at radius 2 is 1.41 bits per heavy atom. The van der Waals surface area contributed by atoms with E-state index < -0.39 is 12.1 Å². The molecule has 0 N–H and O–H groups in total. The summed E-state index contributed by atoms with van der Waals surface area (Å²) >= 11 is 0. The van der Waals surface area contributed by atoms with Crippen LogP contribution in [0.4, 0.5) is 13.2 Å². The van der Waals surface area contributed by atoms with E-state index in [9.17, 15) is 18.0 Å². The Hall–Kier alpha value is -2.45. The molecule has 0 aliphatic rings. The van der Waals surface area contributed by atoms with Gasteiger partial charge < -0.3 is 13.9 Å². The molecule has 32 heavy (non-hydrogen) atoms. The number of benzene rings is 1. The Morgan fingerprint density at radius 3 is 1.94 bits per heavy atom. The highest BCUT2D eigenvalue weighted by atomic mass is 19.4. The van der Waals surface area contributed by atoms with Gasteiger partial charge in [0.25, 0.3) is 0 Å². The summed E-state index contributed by atoms with van der Waals surface area (Å²) in [6.45, 7) is 2.62. The zero-order chi connectivity index (χ0) is 23.2. The van der Waals surface area contributed by atoms with Crippen LogP contribution in [0.25, 0.3) is 5.69 Å². The van der Waals surface area contributed by atoms with E-state index >= 15 is 0 Å². The summed E-state index contributed by atoms with van der Waals surface area (Å²) in [5.41, 5.74) is 0.244. The number of alkyl halides is 3. The van der Waals surface area contributed by atoms with Crippen LogP contribution in [0.5, 0.6) is 11.8 Å². The molecule has 0 radical (unpaired) electrons. The van der Waals surface area contributed by atoms with Gasteiger partial charge in [-0.05, 0) is 30.7 Å². The van der Waals surface area contributed by atoms with Crippen LogP contribution in [0, 0.1) is 0 Å². The fourth-order valence-electron chi connectivity index (χ4n) is 3.37. The summed E-state index contributed by atoms with van der Waals surface area (Å²) in [7, 11) is 0. The maximum absolute atomic E-state index is 12.2. The molecule has 0 atom stereocenters. The Kier molecular flexibility index (Phi) is 11.2. The summed E-state index contributed by atoms with van der Waals surface area (Å²) in [4.78, 5) is 11.9. The average Bonchev–Trinajstić information content (AvgIpc) is 3.11. The monoisotopic (exact) mass is 458 g/mol. The summed E-state index contributed by atoms with van der Waals surface area (Å²) in [6.07, 6.45) is 9.87. The van der Waals surface area contributed by atoms with Crippen LogP contribution in [0.1, 0.15) is 84.0 Å². The van der Waals surface area contributed by atoms with E-state index in [1.165, 1.54) is 69.9 Å². The Balaban J connectivity index is 1.60. The van der Waals surface area contributed by atoms with Crippen molar-refractivity contribution in [1.82, 2.24) is 9.78 Å².